The lowest BCUT2D eigenvalue weighted by Crippen LogP contribution is -2.14. The fourth-order valence-corrected chi connectivity index (χ4v) is 2.17. The SMILES string of the molecule is CCOC(=O)COCCc1c(C(=O)O)[nH]c2ccccc12. The van der Waals surface area contributed by atoms with Crippen LogP contribution in [0.5, 0.6) is 0 Å². The van der Waals surface area contributed by atoms with Crippen molar-refractivity contribution in [1.29, 1.82) is 0 Å². The topological polar surface area (TPSA) is 88.6 Å². The average Bonchev–Trinajstić information content (AvgIpc) is 2.83. The summed E-state index contributed by atoms with van der Waals surface area (Å²) in [6.07, 6.45) is 0.408. The smallest absolute Gasteiger partial charge is 0.352 e. The van der Waals surface area contributed by atoms with Crippen LogP contribution in [-0.2, 0) is 20.7 Å². The average molecular weight is 291 g/mol. The Labute approximate surface area is 121 Å². The zero-order chi connectivity index (χ0) is 15.2. The van der Waals surface area contributed by atoms with Gasteiger partial charge in [-0.2, -0.15) is 0 Å². The van der Waals surface area contributed by atoms with E-state index in [4.69, 9.17) is 9.47 Å². The van der Waals surface area contributed by atoms with Crippen LogP contribution in [0.3, 0.4) is 0 Å². The highest BCUT2D eigenvalue weighted by atomic mass is 16.6. The number of hydrogen-bond donors (Lipinski definition) is 2. The summed E-state index contributed by atoms with van der Waals surface area (Å²) in [5.41, 5.74) is 1.62. The highest BCUT2D eigenvalue weighted by molar-refractivity contribution is 5.97. The number of rotatable bonds is 7. The molecule has 0 aliphatic rings. The maximum absolute atomic E-state index is 11.3. The minimum atomic E-state index is -1.01. The van der Waals surface area contributed by atoms with E-state index in [0.717, 1.165) is 10.9 Å². The van der Waals surface area contributed by atoms with Gasteiger partial charge < -0.3 is 19.6 Å². The Balaban J connectivity index is 2.05. The molecule has 0 amide bonds. The van der Waals surface area contributed by atoms with Crippen LogP contribution in [0.4, 0.5) is 0 Å². The standard InChI is InChI=1S/C15H17NO5/c1-2-21-13(17)9-20-8-7-11-10-5-3-4-6-12(10)16-14(11)15(18)19/h3-6,16H,2,7-9H2,1H3,(H,18,19). The maximum atomic E-state index is 11.3. The third-order valence-corrected chi connectivity index (χ3v) is 3.05. The highest BCUT2D eigenvalue weighted by Gasteiger charge is 2.16. The first-order valence-electron chi connectivity index (χ1n) is 6.69. The number of carbonyl (C=O) groups excluding carboxylic acids is 1. The molecule has 1 aromatic carbocycles. The maximum Gasteiger partial charge on any atom is 0.352 e. The number of H-pyrrole nitrogens is 1. The molecule has 6 heteroatoms. The summed E-state index contributed by atoms with van der Waals surface area (Å²) in [4.78, 5) is 25.3. The Kier molecular flexibility index (Phi) is 4.94. The van der Waals surface area contributed by atoms with Gasteiger partial charge in [0.2, 0.25) is 0 Å². The second-order valence-corrected chi connectivity index (χ2v) is 4.44. The van der Waals surface area contributed by atoms with Crippen LogP contribution in [0.2, 0.25) is 0 Å². The minimum absolute atomic E-state index is 0.126. The molecular weight excluding hydrogens is 274 g/mol. The number of aromatic amines is 1. The second kappa shape index (κ2) is 6.90. The van der Waals surface area contributed by atoms with Crippen molar-refractivity contribution in [2.45, 2.75) is 13.3 Å². The van der Waals surface area contributed by atoms with Crippen molar-refractivity contribution in [2.24, 2.45) is 0 Å². The number of carbonyl (C=O) groups is 2. The van der Waals surface area contributed by atoms with Crippen molar-refractivity contribution >= 4 is 22.8 Å². The molecule has 1 heterocycles. The second-order valence-electron chi connectivity index (χ2n) is 4.44. The first kappa shape index (κ1) is 15.1. The molecule has 0 saturated carbocycles. The molecule has 0 bridgehead atoms. The van der Waals surface area contributed by atoms with Gasteiger partial charge in [0.25, 0.3) is 0 Å². The predicted octanol–water partition coefficient (Wildman–Crippen LogP) is 1.99. The largest absolute Gasteiger partial charge is 0.477 e. The zero-order valence-corrected chi connectivity index (χ0v) is 11.7. The Bertz CT molecular complexity index is 647. The Morgan fingerprint density at radius 1 is 1.29 bits per heavy atom. The van der Waals surface area contributed by atoms with E-state index < -0.39 is 11.9 Å². The van der Waals surface area contributed by atoms with E-state index >= 15 is 0 Å². The Morgan fingerprint density at radius 3 is 2.76 bits per heavy atom. The quantitative estimate of drug-likeness (QED) is 0.601. The third kappa shape index (κ3) is 3.61. The molecule has 0 spiro atoms. The van der Waals surface area contributed by atoms with Crippen molar-refractivity contribution in [2.75, 3.05) is 19.8 Å². The highest BCUT2D eigenvalue weighted by Crippen LogP contribution is 2.23. The van der Waals surface area contributed by atoms with Crippen LogP contribution in [-0.4, -0.2) is 41.8 Å². The van der Waals surface area contributed by atoms with Crippen LogP contribution in [0, 0.1) is 0 Å². The fourth-order valence-electron chi connectivity index (χ4n) is 2.17. The van der Waals surface area contributed by atoms with Crippen molar-refractivity contribution in [3.63, 3.8) is 0 Å². The summed E-state index contributed by atoms with van der Waals surface area (Å²) >= 11 is 0. The lowest BCUT2D eigenvalue weighted by Gasteiger charge is -2.04. The number of nitrogens with one attached hydrogen (secondary N) is 1. The van der Waals surface area contributed by atoms with E-state index in [0.29, 0.717) is 18.6 Å². The van der Waals surface area contributed by atoms with Gasteiger partial charge in [-0.1, -0.05) is 18.2 Å². The number of ether oxygens (including phenoxy) is 2. The minimum Gasteiger partial charge on any atom is -0.477 e. The summed E-state index contributed by atoms with van der Waals surface area (Å²) < 4.78 is 9.97. The van der Waals surface area contributed by atoms with Crippen LogP contribution in [0.1, 0.15) is 23.0 Å². The molecule has 0 aliphatic heterocycles. The number of carboxylic acid groups (broad SMARTS) is 1. The lowest BCUT2D eigenvalue weighted by atomic mass is 10.1. The van der Waals surface area contributed by atoms with Gasteiger partial charge >= 0.3 is 11.9 Å². The van der Waals surface area contributed by atoms with E-state index in [2.05, 4.69) is 4.98 Å². The first-order chi connectivity index (χ1) is 10.1. The first-order valence-corrected chi connectivity index (χ1v) is 6.69. The van der Waals surface area contributed by atoms with Crippen LogP contribution < -0.4 is 0 Å². The van der Waals surface area contributed by atoms with Gasteiger partial charge in [0.05, 0.1) is 13.2 Å². The molecule has 112 valence electrons. The molecule has 2 N–H and O–H groups in total. The number of fused-ring (bicyclic) bond motifs is 1. The van der Waals surface area contributed by atoms with Crippen LogP contribution in [0.15, 0.2) is 24.3 Å². The zero-order valence-electron chi connectivity index (χ0n) is 11.7. The monoisotopic (exact) mass is 291 g/mol. The van der Waals surface area contributed by atoms with Gasteiger partial charge in [0.15, 0.2) is 0 Å². The molecule has 2 aromatic rings. The van der Waals surface area contributed by atoms with Crippen LogP contribution >= 0.6 is 0 Å². The summed E-state index contributed by atoms with van der Waals surface area (Å²) in [7, 11) is 0. The van der Waals surface area contributed by atoms with E-state index in [1.54, 1.807) is 6.92 Å². The molecule has 21 heavy (non-hydrogen) atoms. The van der Waals surface area contributed by atoms with Crippen molar-refractivity contribution in [3.8, 4) is 0 Å². The van der Waals surface area contributed by atoms with Gasteiger partial charge in [-0.3, -0.25) is 0 Å². The van der Waals surface area contributed by atoms with E-state index in [1.165, 1.54) is 0 Å². The molecule has 2 rings (SSSR count). The number of esters is 1. The summed E-state index contributed by atoms with van der Waals surface area (Å²) in [5, 5.41) is 10.1. The number of aromatic nitrogens is 1. The number of aromatic carboxylic acids is 1. The van der Waals surface area contributed by atoms with Crippen molar-refractivity contribution in [1.82, 2.24) is 4.98 Å². The molecule has 0 radical (unpaired) electrons. The summed E-state index contributed by atoms with van der Waals surface area (Å²) in [5.74, 6) is -1.43. The third-order valence-electron chi connectivity index (χ3n) is 3.05. The summed E-state index contributed by atoms with van der Waals surface area (Å²) in [6.45, 7) is 2.16. The molecule has 0 unspecified atom stereocenters. The van der Waals surface area contributed by atoms with E-state index in [-0.39, 0.29) is 18.9 Å². The van der Waals surface area contributed by atoms with Crippen molar-refractivity contribution in [3.05, 3.63) is 35.5 Å². The number of carboxylic acids is 1. The molecule has 0 fully saturated rings. The normalized spacial score (nSPS) is 10.7. The van der Waals surface area contributed by atoms with Gasteiger partial charge in [-0.25, -0.2) is 9.59 Å². The molecule has 0 saturated heterocycles. The molecule has 0 atom stereocenters. The molecule has 1 aromatic heterocycles. The molecule has 6 nitrogen and oxygen atoms in total. The Hall–Kier alpha value is -2.34. The van der Waals surface area contributed by atoms with Gasteiger partial charge in [-0.15, -0.1) is 0 Å². The van der Waals surface area contributed by atoms with Crippen molar-refractivity contribution < 1.29 is 24.2 Å². The fraction of sp³-hybridized carbons (Fsp3) is 0.333. The number of para-hydroxylation sites is 1. The van der Waals surface area contributed by atoms with Gasteiger partial charge in [-0.05, 0) is 25.0 Å². The number of hydrogen-bond acceptors (Lipinski definition) is 4. The number of benzene rings is 1. The van der Waals surface area contributed by atoms with Crippen LogP contribution in [0.25, 0.3) is 10.9 Å². The van der Waals surface area contributed by atoms with Gasteiger partial charge in [0.1, 0.15) is 12.3 Å². The summed E-state index contributed by atoms with van der Waals surface area (Å²) in [6, 6.07) is 7.37. The Morgan fingerprint density at radius 2 is 2.05 bits per heavy atom. The van der Waals surface area contributed by atoms with E-state index in [9.17, 15) is 14.7 Å². The molecular formula is C15H17NO5. The van der Waals surface area contributed by atoms with Gasteiger partial charge in [0, 0.05) is 10.9 Å². The molecule has 0 aliphatic carbocycles. The lowest BCUT2D eigenvalue weighted by molar-refractivity contribution is -0.148. The predicted molar refractivity (Wildman–Crippen MR) is 76.4 cm³/mol. The van der Waals surface area contributed by atoms with E-state index in [1.807, 2.05) is 24.3 Å².